The van der Waals surface area contributed by atoms with Gasteiger partial charge in [-0.1, -0.05) is 5.16 Å². The van der Waals surface area contributed by atoms with Gasteiger partial charge in [-0.05, 0) is 41.8 Å². The van der Waals surface area contributed by atoms with Crippen molar-refractivity contribution in [3.63, 3.8) is 0 Å². The number of rotatable bonds is 6. The molecule has 7 nitrogen and oxygen atoms in total. The van der Waals surface area contributed by atoms with E-state index in [1.165, 1.54) is 0 Å². The van der Waals surface area contributed by atoms with Crippen LogP contribution < -0.4 is 18.9 Å². The van der Waals surface area contributed by atoms with E-state index in [-0.39, 0.29) is 0 Å². The molecular formula is C20H20N2O5. The van der Waals surface area contributed by atoms with Crippen LogP contribution in [0.3, 0.4) is 0 Å². The molecule has 0 amide bonds. The van der Waals surface area contributed by atoms with Crippen LogP contribution in [0.25, 0.3) is 10.8 Å². The van der Waals surface area contributed by atoms with Gasteiger partial charge in [-0.25, -0.2) is 0 Å². The maximum Gasteiger partial charge on any atom is 0.161 e. The van der Waals surface area contributed by atoms with Crippen molar-refractivity contribution in [3.8, 4) is 23.0 Å². The summed E-state index contributed by atoms with van der Waals surface area (Å²) >= 11 is 0. The summed E-state index contributed by atoms with van der Waals surface area (Å²) in [7, 11) is 6.25. The molecule has 0 aliphatic heterocycles. The SMILES string of the molecule is COc1ccc(/C(=N/O)c2nccc3cc(OC)c(OC)cc23)cc1OC. The molecule has 0 radical (unpaired) electrons. The van der Waals surface area contributed by atoms with Crippen LogP contribution in [0.5, 0.6) is 23.0 Å². The quantitative estimate of drug-likeness (QED) is 0.407. The van der Waals surface area contributed by atoms with Gasteiger partial charge in [0.05, 0.1) is 28.4 Å². The zero-order valence-corrected chi connectivity index (χ0v) is 15.5. The van der Waals surface area contributed by atoms with Gasteiger partial charge in [0.25, 0.3) is 0 Å². The fourth-order valence-electron chi connectivity index (χ4n) is 2.91. The average Bonchev–Trinajstić information content (AvgIpc) is 2.73. The Labute approximate surface area is 156 Å². The van der Waals surface area contributed by atoms with Crippen molar-refractivity contribution < 1.29 is 24.2 Å². The molecule has 3 aromatic rings. The molecule has 2 aromatic carbocycles. The van der Waals surface area contributed by atoms with Crippen LogP contribution in [0.15, 0.2) is 47.8 Å². The third-order valence-electron chi connectivity index (χ3n) is 4.25. The molecule has 0 aliphatic rings. The highest BCUT2D eigenvalue weighted by Gasteiger charge is 2.17. The number of nitrogens with zero attached hydrogens (tertiary/aromatic N) is 2. The van der Waals surface area contributed by atoms with Crippen LogP contribution in [0.2, 0.25) is 0 Å². The van der Waals surface area contributed by atoms with Crippen molar-refractivity contribution in [2.45, 2.75) is 0 Å². The predicted molar refractivity (Wildman–Crippen MR) is 102 cm³/mol. The first kappa shape index (κ1) is 18.3. The lowest BCUT2D eigenvalue weighted by atomic mass is 10.0. The smallest absolute Gasteiger partial charge is 0.161 e. The van der Waals surface area contributed by atoms with Gasteiger partial charge in [-0.3, -0.25) is 4.98 Å². The lowest BCUT2D eigenvalue weighted by Gasteiger charge is -2.13. The van der Waals surface area contributed by atoms with Crippen LogP contribution in [0, 0.1) is 0 Å². The minimum absolute atomic E-state index is 0.300. The fourth-order valence-corrected chi connectivity index (χ4v) is 2.91. The first-order chi connectivity index (χ1) is 13.2. The molecule has 3 rings (SSSR count). The third kappa shape index (κ3) is 3.31. The zero-order valence-electron chi connectivity index (χ0n) is 15.5. The van der Waals surface area contributed by atoms with E-state index in [4.69, 9.17) is 18.9 Å². The number of hydrogen-bond donors (Lipinski definition) is 1. The molecule has 0 aliphatic carbocycles. The summed E-state index contributed by atoms with van der Waals surface area (Å²) < 4.78 is 21.4. The van der Waals surface area contributed by atoms with Crippen molar-refractivity contribution in [2.75, 3.05) is 28.4 Å². The standard InChI is InChI=1S/C20H20N2O5/c1-24-15-6-5-13(10-16(15)25-2)19(22-23)20-14-11-18(27-4)17(26-3)9-12(14)7-8-21-20/h5-11,23H,1-4H3/b22-19-. The third-order valence-corrected chi connectivity index (χ3v) is 4.25. The molecule has 0 unspecified atom stereocenters. The molecule has 0 spiro atoms. The molecule has 0 saturated heterocycles. The number of methoxy groups -OCH3 is 4. The summed E-state index contributed by atoms with van der Waals surface area (Å²) in [4.78, 5) is 4.42. The highest BCUT2D eigenvalue weighted by Crippen LogP contribution is 2.34. The fraction of sp³-hybridized carbons (Fsp3) is 0.200. The Morgan fingerprint density at radius 3 is 2.07 bits per heavy atom. The number of hydrogen-bond acceptors (Lipinski definition) is 7. The molecule has 1 aromatic heterocycles. The molecule has 0 fully saturated rings. The van der Waals surface area contributed by atoms with E-state index in [2.05, 4.69) is 10.1 Å². The molecule has 0 bridgehead atoms. The van der Waals surface area contributed by atoms with E-state index in [1.807, 2.05) is 18.2 Å². The largest absolute Gasteiger partial charge is 0.493 e. The minimum Gasteiger partial charge on any atom is -0.493 e. The van der Waals surface area contributed by atoms with Crippen molar-refractivity contribution in [3.05, 3.63) is 53.9 Å². The van der Waals surface area contributed by atoms with E-state index >= 15 is 0 Å². The Morgan fingerprint density at radius 1 is 0.815 bits per heavy atom. The topological polar surface area (TPSA) is 82.4 Å². The molecule has 0 saturated carbocycles. The van der Waals surface area contributed by atoms with Crippen molar-refractivity contribution in [1.29, 1.82) is 0 Å². The van der Waals surface area contributed by atoms with Crippen molar-refractivity contribution in [1.82, 2.24) is 4.98 Å². The molecule has 0 atom stereocenters. The maximum atomic E-state index is 9.73. The lowest BCUT2D eigenvalue weighted by molar-refractivity contribution is 0.319. The second kappa shape index (κ2) is 7.82. The Kier molecular flexibility index (Phi) is 5.30. The number of benzene rings is 2. The average molecular weight is 368 g/mol. The van der Waals surface area contributed by atoms with E-state index in [0.29, 0.717) is 40.0 Å². The summed E-state index contributed by atoms with van der Waals surface area (Å²) in [5, 5.41) is 14.9. The van der Waals surface area contributed by atoms with Gasteiger partial charge in [0.15, 0.2) is 23.0 Å². The Balaban J connectivity index is 2.20. The number of ether oxygens (including phenoxy) is 4. The summed E-state index contributed by atoms with van der Waals surface area (Å²) in [5.74, 6) is 2.27. The summed E-state index contributed by atoms with van der Waals surface area (Å²) in [6, 6.07) is 10.8. The van der Waals surface area contributed by atoms with E-state index in [1.54, 1.807) is 52.8 Å². The van der Waals surface area contributed by atoms with E-state index < -0.39 is 0 Å². The molecule has 27 heavy (non-hydrogen) atoms. The van der Waals surface area contributed by atoms with Crippen molar-refractivity contribution in [2.24, 2.45) is 5.16 Å². The van der Waals surface area contributed by atoms with Gasteiger partial charge in [0, 0.05) is 17.1 Å². The molecule has 1 N–H and O–H groups in total. The van der Waals surface area contributed by atoms with Gasteiger partial charge in [0.1, 0.15) is 11.4 Å². The minimum atomic E-state index is 0.300. The molecule has 7 heteroatoms. The number of pyridine rings is 1. The van der Waals surface area contributed by atoms with Crippen LogP contribution in [-0.4, -0.2) is 44.3 Å². The first-order valence-electron chi connectivity index (χ1n) is 8.12. The monoisotopic (exact) mass is 368 g/mol. The number of fused-ring (bicyclic) bond motifs is 1. The highest BCUT2D eigenvalue weighted by molar-refractivity contribution is 6.18. The second-order valence-corrected chi connectivity index (χ2v) is 5.61. The zero-order chi connectivity index (χ0) is 19.4. The van der Waals surface area contributed by atoms with Gasteiger partial charge < -0.3 is 24.2 Å². The van der Waals surface area contributed by atoms with Gasteiger partial charge in [-0.2, -0.15) is 0 Å². The predicted octanol–water partition coefficient (Wildman–Crippen LogP) is 3.50. The summed E-state index contributed by atoms with van der Waals surface area (Å²) in [6.07, 6.45) is 1.65. The Hall–Kier alpha value is -3.48. The van der Waals surface area contributed by atoms with Gasteiger partial charge in [0.2, 0.25) is 0 Å². The van der Waals surface area contributed by atoms with Gasteiger partial charge in [-0.15, -0.1) is 0 Å². The normalized spacial score (nSPS) is 11.3. The second-order valence-electron chi connectivity index (χ2n) is 5.61. The number of oxime groups is 1. The molecule has 140 valence electrons. The summed E-state index contributed by atoms with van der Waals surface area (Å²) in [5.41, 5.74) is 1.43. The molecule has 1 heterocycles. The summed E-state index contributed by atoms with van der Waals surface area (Å²) in [6.45, 7) is 0. The highest BCUT2D eigenvalue weighted by atomic mass is 16.5. The van der Waals surface area contributed by atoms with Crippen LogP contribution in [-0.2, 0) is 0 Å². The molecular weight excluding hydrogens is 348 g/mol. The lowest BCUT2D eigenvalue weighted by Crippen LogP contribution is -2.08. The van der Waals surface area contributed by atoms with Gasteiger partial charge >= 0.3 is 0 Å². The van der Waals surface area contributed by atoms with E-state index in [0.717, 1.165) is 10.8 Å². The van der Waals surface area contributed by atoms with Crippen LogP contribution in [0.1, 0.15) is 11.3 Å². The van der Waals surface area contributed by atoms with Crippen LogP contribution in [0.4, 0.5) is 0 Å². The van der Waals surface area contributed by atoms with Crippen LogP contribution >= 0.6 is 0 Å². The number of aromatic nitrogens is 1. The maximum absolute atomic E-state index is 9.73. The van der Waals surface area contributed by atoms with E-state index in [9.17, 15) is 5.21 Å². The first-order valence-corrected chi connectivity index (χ1v) is 8.12. The Bertz CT molecular complexity index is 1000. The van der Waals surface area contributed by atoms with Crippen molar-refractivity contribution >= 4 is 16.5 Å². The Morgan fingerprint density at radius 2 is 1.44 bits per heavy atom.